The lowest BCUT2D eigenvalue weighted by molar-refractivity contribution is -0.136. The first kappa shape index (κ1) is 20.9. The molecule has 152 valence electrons. The largest absolute Gasteiger partial charge is 0.466 e. The Bertz CT molecular complexity index is 931. The lowest BCUT2D eigenvalue weighted by atomic mass is 10.2. The summed E-state index contributed by atoms with van der Waals surface area (Å²) in [5.41, 5.74) is 2.02. The monoisotopic (exact) mass is 416 g/mol. The van der Waals surface area contributed by atoms with Crippen molar-refractivity contribution in [3.8, 4) is 0 Å². The van der Waals surface area contributed by atoms with Gasteiger partial charge in [0, 0.05) is 17.2 Å². The molecule has 0 saturated carbocycles. The zero-order valence-electron chi connectivity index (χ0n) is 15.9. The molecule has 8 heteroatoms. The number of amides is 1. The summed E-state index contributed by atoms with van der Waals surface area (Å²) in [5, 5.41) is 12.2. The third kappa shape index (κ3) is 4.96. The van der Waals surface area contributed by atoms with E-state index >= 15 is 0 Å². The Morgan fingerprint density at radius 2 is 1.97 bits per heavy atom. The number of methoxy groups -OCH3 is 1. The van der Waals surface area contributed by atoms with Gasteiger partial charge in [0.05, 0.1) is 31.5 Å². The number of β-amino-alcohol motifs (C(OH)–C–C–N with tert-alkyl or cyclic N) is 1. The van der Waals surface area contributed by atoms with Crippen molar-refractivity contribution in [3.63, 3.8) is 0 Å². The Kier molecular flexibility index (Phi) is 6.90. The van der Waals surface area contributed by atoms with Crippen LogP contribution >= 0.6 is 11.8 Å². The van der Waals surface area contributed by atoms with Gasteiger partial charge in [-0.1, -0.05) is 24.3 Å². The van der Waals surface area contributed by atoms with Crippen molar-refractivity contribution >= 4 is 29.3 Å². The van der Waals surface area contributed by atoms with E-state index in [1.54, 1.807) is 12.1 Å². The Hall–Kier alpha value is -2.84. The normalized spacial score (nSPS) is 13.8. The van der Waals surface area contributed by atoms with E-state index in [2.05, 4.69) is 5.32 Å². The van der Waals surface area contributed by atoms with E-state index in [9.17, 15) is 14.0 Å². The summed E-state index contributed by atoms with van der Waals surface area (Å²) in [6.07, 6.45) is 0. The van der Waals surface area contributed by atoms with Crippen molar-refractivity contribution in [2.45, 2.75) is 10.6 Å². The summed E-state index contributed by atoms with van der Waals surface area (Å²) >= 11 is 1.53. The van der Waals surface area contributed by atoms with Crippen LogP contribution in [-0.4, -0.2) is 48.7 Å². The summed E-state index contributed by atoms with van der Waals surface area (Å²) in [7, 11) is 1.26. The molecule has 0 unspecified atom stereocenters. The van der Waals surface area contributed by atoms with E-state index in [-0.39, 0.29) is 42.7 Å². The van der Waals surface area contributed by atoms with Crippen LogP contribution < -0.4 is 5.32 Å². The number of esters is 1. The van der Waals surface area contributed by atoms with Crippen molar-refractivity contribution in [2.75, 3.05) is 32.1 Å². The predicted octanol–water partition coefficient (Wildman–Crippen LogP) is 2.79. The second-order valence-electron chi connectivity index (χ2n) is 6.33. The molecule has 0 bridgehead atoms. The zero-order valence-corrected chi connectivity index (χ0v) is 16.7. The van der Waals surface area contributed by atoms with Gasteiger partial charge in [-0.25, -0.2) is 9.18 Å². The van der Waals surface area contributed by atoms with Crippen LogP contribution in [0.25, 0.3) is 0 Å². The molecule has 3 rings (SSSR count). The second kappa shape index (κ2) is 9.58. The highest BCUT2D eigenvalue weighted by molar-refractivity contribution is 7.98. The first-order valence-corrected chi connectivity index (χ1v) is 9.97. The Labute approximate surface area is 172 Å². The molecule has 1 aliphatic rings. The van der Waals surface area contributed by atoms with E-state index in [1.165, 1.54) is 35.9 Å². The number of thioether (sulfide) groups is 1. The molecule has 0 saturated heterocycles. The van der Waals surface area contributed by atoms with E-state index in [1.807, 2.05) is 24.3 Å². The Balaban J connectivity index is 1.82. The van der Waals surface area contributed by atoms with Crippen molar-refractivity contribution < 1.29 is 23.8 Å². The fourth-order valence-corrected chi connectivity index (χ4v) is 3.89. The van der Waals surface area contributed by atoms with Gasteiger partial charge in [0.2, 0.25) is 0 Å². The molecule has 1 heterocycles. The van der Waals surface area contributed by atoms with Crippen LogP contribution in [0.5, 0.6) is 0 Å². The number of aliphatic hydroxyl groups excluding tert-OH is 1. The van der Waals surface area contributed by atoms with Gasteiger partial charge in [-0.2, -0.15) is 0 Å². The fraction of sp³-hybridized carbons (Fsp3) is 0.238. The molecular formula is C21H21FN2O4S. The van der Waals surface area contributed by atoms with Gasteiger partial charge in [0.25, 0.3) is 5.91 Å². The first-order chi connectivity index (χ1) is 14.0. The number of carbonyl (C=O) groups is 2. The molecular weight excluding hydrogens is 395 g/mol. The predicted molar refractivity (Wildman–Crippen MR) is 109 cm³/mol. The average molecular weight is 416 g/mol. The molecule has 29 heavy (non-hydrogen) atoms. The van der Waals surface area contributed by atoms with Gasteiger partial charge < -0.3 is 20.1 Å². The summed E-state index contributed by atoms with van der Waals surface area (Å²) in [5.74, 6) is -0.613. The lowest BCUT2D eigenvalue weighted by Crippen LogP contribution is -2.31. The number of nitrogens with zero attached hydrogens (tertiary/aromatic N) is 1. The zero-order chi connectivity index (χ0) is 20.8. The maximum atomic E-state index is 13.1. The first-order valence-electron chi connectivity index (χ1n) is 8.98. The maximum Gasteiger partial charge on any atom is 0.337 e. The van der Waals surface area contributed by atoms with Crippen LogP contribution in [0.15, 0.2) is 64.7 Å². The van der Waals surface area contributed by atoms with E-state index in [0.717, 1.165) is 10.5 Å². The minimum atomic E-state index is -0.585. The van der Waals surface area contributed by atoms with E-state index in [4.69, 9.17) is 9.84 Å². The third-order valence-corrected chi connectivity index (χ3v) is 5.55. The Morgan fingerprint density at radius 1 is 1.24 bits per heavy atom. The molecule has 2 aromatic carbocycles. The molecule has 0 atom stereocenters. The minimum absolute atomic E-state index is 0.0826. The van der Waals surface area contributed by atoms with Gasteiger partial charge in [0.15, 0.2) is 0 Å². The van der Waals surface area contributed by atoms with E-state index in [0.29, 0.717) is 11.4 Å². The number of rotatable bonds is 8. The van der Waals surface area contributed by atoms with Crippen molar-refractivity contribution in [1.29, 1.82) is 0 Å². The Morgan fingerprint density at radius 3 is 2.66 bits per heavy atom. The number of hydrogen-bond acceptors (Lipinski definition) is 6. The summed E-state index contributed by atoms with van der Waals surface area (Å²) in [4.78, 5) is 27.1. The molecule has 0 aliphatic carbocycles. The molecule has 0 radical (unpaired) electrons. The topological polar surface area (TPSA) is 78.9 Å². The van der Waals surface area contributed by atoms with Crippen molar-refractivity contribution in [2.24, 2.45) is 0 Å². The maximum absolute atomic E-state index is 13.1. The highest BCUT2D eigenvalue weighted by Crippen LogP contribution is 2.32. The fourth-order valence-electron chi connectivity index (χ4n) is 2.92. The number of halogens is 1. The summed E-state index contributed by atoms with van der Waals surface area (Å²) in [6, 6.07) is 13.7. The summed E-state index contributed by atoms with van der Waals surface area (Å²) in [6.45, 7) is 0.0162. The van der Waals surface area contributed by atoms with Crippen LogP contribution in [0.1, 0.15) is 5.56 Å². The average Bonchev–Trinajstić information content (AvgIpc) is 3.04. The number of carbonyl (C=O) groups excluding carboxylic acids is 2. The molecule has 0 fully saturated rings. The van der Waals surface area contributed by atoms with Gasteiger partial charge in [-0.15, -0.1) is 11.8 Å². The lowest BCUT2D eigenvalue weighted by Gasteiger charge is -2.16. The molecule has 0 spiro atoms. The van der Waals surface area contributed by atoms with Crippen molar-refractivity contribution in [3.05, 3.63) is 71.2 Å². The minimum Gasteiger partial charge on any atom is -0.466 e. The van der Waals surface area contributed by atoms with Crippen molar-refractivity contribution in [1.82, 2.24) is 4.90 Å². The molecule has 0 aromatic heterocycles. The van der Waals surface area contributed by atoms with Gasteiger partial charge in [-0.05, 0) is 29.8 Å². The number of hydrogen-bond donors (Lipinski definition) is 2. The number of ether oxygens (including phenoxy) is 1. The number of nitrogens with one attached hydrogen (secondary N) is 1. The standard InChI is InChI=1S/C21H21FN2O4S/c1-28-21(27)16-12-24(10-11-25)20(26)19(16)23-17-4-2-3-5-18(17)29-13-14-6-8-15(22)9-7-14/h2-9,23,25H,10-13H2,1H3. The highest BCUT2D eigenvalue weighted by Gasteiger charge is 2.34. The van der Waals surface area contributed by atoms with Gasteiger partial charge in [0.1, 0.15) is 11.5 Å². The third-order valence-electron chi connectivity index (χ3n) is 4.41. The number of anilines is 1. The SMILES string of the molecule is COC(=O)C1=C(Nc2ccccc2SCc2ccc(F)cc2)C(=O)N(CCO)C1. The molecule has 1 aliphatic heterocycles. The van der Waals surface area contributed by atoms with Gasteiger partial charge in [-0.3, -0.25) is 4.79 Å². The van der Waals surface area contributed by atoms with Crippen LogP contribution in [-0.2, 0) is 20.1 Å². The molecule has 2 aromatic rings. The van der Waals surface area contributed by atoms with Crippen LogP contribution in [0.4, 0.5) is 10.1 Å². The summed E-state index contributed by atoms with van der Waals surface area (Å²) < 4.78 is 17.9. The van der Waals surface area contributed by atoms with Crippen LogP contribution in [0, 0.1) is 5.82 Å². The molecule has 2 N–H and O–H groups in total. The molecule has 1 amide bonds. The smallest absolute Gasteiger partial charge is 0.337 e. The number of benzene rings is 2. The van der Waals surface area contributed by atoms with Gasteiger partial charge >= 0.3 is 5.97 Å². The quantitative estimate of drug-likeness (QED) is 0.509. The van der Waals surface area contributed by atoms with E-state index < -0.39 is 5.97 Å². The highest BCUT2D eigenvalue weighted by atomic mass is 32.2. The number of aliphatic hydroxyl groups is 1. The molecule has 6 nitrogen and oxygen atoms in total. The van der Waals surface area contributed by atoms with Crippen LogP contribution in [0.2, 0.25) is 0 Å². The van der Waals surface area contributed by atoms with Crippen LogP contribution in [0.3, 0.4) is 0 Å². The second-order valence-corrected chi connectivity index (χ2v) is 7.35. The number of para-hydroxylation sites is 1.